The summed E-state index contributed by atoms with van der Waals surface area (Å²) < 4.78 is 0. The lowest BCUT2D eigenvalue weighted by molar-refractivity contribution is 0.0205. The first kappa shape index (κ1) is 19.9. The lowest BCUT2D eigenvalue weighted by atomic mass is 9.78. The van der Waals surface area contributed by atoms with Crippen LogP contribution in [0.4, 0.5) is 0 Å². The number of nitrogens with zero attached hydrogens (tertiary/aromatic N) is 1. The third-order valence-electron chi connectivity index (χ3n) is 4.76. The van der Waals surface area contributed by atoms with Crippen LogP contribution in [0, 0.1) is 11.3 Å². The van der Waals surface area contributed by atoms with Crippen molar-refractivity contribution < 1.29 is 5.11 Å². The fourth-order valence-electron chi connectivity index (χ4n) is 3.51. The number of hydrogen-bond acceptors (Lipinski definition) is 2. The molecule has 0 aliphatic carbocycles. The maximum atomic E-state index is 10.5. The molecule has 0 saturated carbocycles. The zero-order valence-electron chi connectivity index (χ0n) is 15.2. The van der Waals surface area contributed by atoms with E-state index in [0.717, 1.165) is 25.8 Å². The highest BCUT2D eigenvalue weighted by Gasteiger charge is 2.29. The molecule has 20 heavy (non-hydrogen) atoms. The molecule has 0 saturated heterocycles. The molecule has 0 fully saturated rings. The van der Waals surface area contributed by atoms with E-state index in [-0.39, 0.29) is 11.5 Å². The van der Waals surface area contributed by atoms with Gasteiger partial charge in [0, 0.05) is 12.1 Å². The molecule has 0 spiro atoms. The highest BCUT2D eigenvalue weighted by Crippen LogP contribution is 2.31. The second kappa shape index (κ2) is 9.04. The summed E-state index contributed by atoms with van der Waals surface area (Å²) in [6.45, 7) is 19.1. The summed E-state index contributed by atoms with van der Waals surface area (Å²) in [5, 5.41) is 10.5. The van der Waals surface area contributed by atoms with Gasteiger partial charge < -0.3 is 5.11 Å². The van der Waals surface area contributed by atoms with Gasteiger partial charge in [0.15, 0.2) is 0 Å². The Balaban J connectivity index is 4.38. The first-order valence-electron chi connectivity index (χ1n) is 8.59. The molecule has 122 valence electrons. The van der Waals surface area contributed by atoms with Crippen molar-refractivity contribution in [3.63, 3.8) is 0 Å². The van der Waals surface area contributed by atoms with Gasteiger partial charge in [-0.1, -0.05) is 41.0 Å². The van der Waals surface area contributed by atoms with Crippen molar-refractivity contribution in [3.8, 4) is 0 Å². The van der Waals surface area contributed by atoms with Crippen LogP contribution in [0.5, 0.6) is 0 Å². The topological polar surface area (TPSA) is 23.5 Å². The molecule has 1 N–H and O–H groups in total. The van der Waals surface area contributed by atoms with E-state index in [1.807, 2.05) is 0 Å². The molecule has 0 aliphatic heterocycles. The molecule has 0 amide bonds. The number of aliphatic hydroxyl groups is 1. The lowest BCUT2D eigenvalue weighted by Crippen LogP contribution is -2.40. The SMILES string of the molecule is CCCC(C)(C)C(O)CC(C)CC(C)N(CC)C(C)C. The third kappa shape index (κ3) is 6.58. The Morgan fingerprint density at radius 1 is 1.00 bits per heavy atom. The second-order valence-electron chi connectivity index (χ2n) is 7.60. The minimum atomic E-state index is -0.182. The average molecular weight is 286 g/mol. The van der Waals surface area contributed by atoms with Gasteiger partial charge in [0.1, 0.15) is 0 Å². The van der Waals surface area contributed by atoms with E-state index in [9.17, 15) is 5.11 Å². The van der Waals surface area contributed by atoms with E-state index in [2.05, 4.69) is 60.3 Å². The van der Waals surface area contributed by atoms with Crippen molar-refractivity contribution in [2.24, 2.45) is 11.3 Å². The van der Waals surface area contributed by atoms with Crippen LogP contribution in [0.15, 0.2) is 0 Å². The van der Waals surface area contributed by atoms with Gasteiger partial charge in [0.25, 0.3) is 0 Å². The molecule has 2 nitrogen and oxygen atoms in total. The number of rotatable bonds is 10. The monoisotopic (exact) mass is 285 g/mol. The fourth-order valence-corrected chi connectivity index (χ4v) is 3.51. The summed E-state index contributed by atoms with van der Waals surface area (Å²) in [6.07, 6.45) is 4.16. The first-order chi connectivity index (χ1) is 9.15. The summed E-state index contributed by atoms with van der Waals surface area (Å²) >= 11 is 0. The Kier molecular flexibility index (Phi) is 9.01. The molecule has 0 aromatic rings. The van der Waals surface area contributed by atoms with Gasteiger partial charge in [-0.2, -0.15) is 0 Å². The minimum absolute atomic E-state index is 0.0503. The molecule has 2 heteroatoms. The zero-order valence-corrected chi connectivity index (χ0v) is 15.2. The van der Waals surface area contributed by atoms with Gasteiger partial charge in [0.05, 0.1) is 6.10 Å². The van der Waals surface area contributed by atoms with Crippen molar-refractivity contribution in [2.75, 3.05) is 6.54 Å². The van der Waals surface area contributed by atoms with E-state index < -0.39 is 0 Å². The van der Waals surface area contributed by atoms with Crippen LogP contribution in [-0.4, -0.2) is 34.7 Å². The molecule has 0 aromatic heterocycles. The van der Waals surface area contributed by atoms with Crippen LogP contribution in [0.1, 0.15) is 81.1 Å². The highest BCUT2D eigenvalue weighted by molar-refractivity contribution is 4.80. The summed E-state index contributed by atoms with van der Waals surface area (Å²) in [5.41, 5.74) is 0.0503. The minimum Gasteiger partial charge on any atom is -0.393 e. The predicted octanol–water partition coefficient (Wildman–Crippen LogP) is 4.71. The van der Waals surface area contributed by atoms with Crippen molar-refractivity contribution >= 4 is 0 Å². The number of aliphatic hydroxyl groups excluding tert-OH is 1. The summed E-state index contributed by atoms with van der Waals surface area (Å²) in [5.74, 6) is 0.573. The molecule has 0 aromatic carbocycles. The summed E-state index contributed by atoms with van der Waals surface area (Å²) in [7, 11) is 0. The quantitative estimate of drug-likeness (QED) is 0.628. The van der Waals surface area contributed by atoms with E-state index in [1.165, 1.54) is 6.42 Å². The van der Waals surface area contributed by atoms with Gasteiger partial charge in [-0.15, -0.1) is 0 Å². The van der Waals surface area contributed by atoms with Crippen molar-refractivity contribution in [1.82, 2.24) is 4.90 Å². The van der Waals surface area contributed by atoms with E-state index in [1.54, 1.807) is 0 Å². The van der Waals surface area contributed by atoms with E-state index in [4.69, 9.17) is 0 Å². The predicted molar refractivity (Wildman–Crippen MR) is 90.1 cm³/mol. The highest BCUT2D eigenvalue weighted by atomic mass is 16.3. The first-order valence-corrected chi connectivity index (χ1v) is 8.59. The maximum absolute atomic E-state index is 10.5. The molecular weight excluding hydrogens is 246 g/mol. The van der Waals surface area contributed by atoms with Gasteiger partial charge in [-0.05, 0) is 57.9 Å². The smallest absolute Gasteiger partial charge is 0.0593 e. The van der Waals surface area contributed by atoms with Gasteiger partial charge in [-0.25, -0.2) is 0 Å². The molecule has 0 rings (SSSR count). The van der Waals surface area contributed by atoms with Crippen LogP contribution >= 0.6 is 0 Å². The Morgan fingerprint density at radius 3 is 1.95 bits per heavy atom. The maximum Gasteiger partial charge on any atom is 0.0593 e. The average Bonchev–Trinajstić information content (AvgIpc) is 2.28. The zero-order chi connectivity index (χ0) is 15.9. The molecule has 3 unspecified atom stereocenters. The molecule has 0 heterocycles. The summed E-state index contributed by atoms with van der Waals surface area (Å²) in [4.78, 5) is 2.54. The van der Waals surface area contributed by atoms with Gasteiger partial charge in [-0.3, -0.25) is 4.90 Å². The summed E-state index contributed by atoms with van der Waals surface area (Å²) in [6, 6.07) is 1.19. The molecule has 0 bridgehead atoms. The molecule has 3 atom stereocenters. The second-order valence-corrected chi connectivity index (χ2v) is 7.60. The Bertz CT molecular complexity index is 250. The van der Waals surface area contributed by atoms with E-state index >= 15 is 0 Å². The Hall–Kier alpha value is -0.0800. The fraction of sp³-hybridized carbons (Fsp3) is 1.00. The Morgan fingerprint density at radius 2 is 1.55 bits per heavy atom. The normalized spacial score (nSPS) is 17.6. The Labute approximate surface area is 127 Å². The molecule has 0 aliphatic rings. The van der Waals surface area contributed by atoms with Crippen LogP contribution in [0.2, 0.25) is 0 Å². The standard InChI is InChI=1S/C18H39NO/c1-9-11-18(7,8)17(20)13-15(5)12-16(6)19(10-2)14(3)4/h14-17,20H,9-13H2,1-8H3. The molecule has 0 radical (unpaired) electrons. The van der Waals surface area contributed by atoms with Crippen LogP contribution < -0.4 is 0 Å². The molecular formula is C18H39NO. The largest absolute Gasteiger partial charge is 0.393 e. The van der Waals surface area contributed by atoms with Crippen LogP contribution in [0.3, 0.4) is 0 Å². The van der Waals surface area contributed by atoms with Crippen molar-refractivity contribution in [1.29, 1.82) is 0 Å². The van der Waals surface area contributed by atoms with Crippen molar-refractivity contribution in [2.45, 2.75) is 99.3 Å². The van der Waals surface area contributed by atoms with Crippen LogP contribution in [0.25, 0.3) is 0 Å². The van der Waals surface area contributed by atoms with Crippen molar-refractivity contribution in [3.05, 3.63) is 0 Å². The van der Waals surface area contributed by atoms with Gasteiger partial charge in [0.2, 0.25) is 0 Å². The third-order valence-corrected chi connectivity index (χ3v) is 4.76. The van der Waals surface area contributed by atoms with Gasteiger partial charge >= 0.3 is 0 Å². The lowest BCUT2D eigenvalue weighted by Gasteiger charge is -2.35. The van der Waals surface area contributed by atoms with Crippen LogP contribution in [-0.2, 0) is 0 Å². The van der Waals surface area contributed by atoms with E-state index in [0.29, 0.717) is 18.0 Å². The number of hydrogen-bond donors (Lipinski definition) is 1.